The van der Waals surface area contributed by atoms with Gasteiger partial charge >= 0.3 is 0 Å². The second-order valence-electron chi connectivity index (χ2n) is 5.11. The molecular weight excluding hydrogens is 238 g/mol. The molecule has 0 bridgehead atoms. The minimum atomic E-state index is -0.0756. The van der Waals surface area contributed by atoms with Crippen molar-refractivity contribution in [2.24, 2.45) is 16.8 Å². The number of nitrogens with zero attached hydrogens (tertiary/aromatic N) is 2. The molecule has 1 atom stereocenters. The van der Waals surface area contributed by atoms with Crippen LogP contribution in [0.2, 0.25) is 0 Å². The van der Waals surface area contributed by atoms with Gasteiger partial charge in [0.1, 0.15) is 0 Å². The van der Waals surface area contributed by atoms with Gasteiger partial charge in [0, 0.05) is 5.71 Å². The van der Waals surface area contributed by atoms with Crippen molar-refractivity contribution in [2.45, 2.75) is 33.2 Å². The highest BCUT2D eigenvalue weighted by molar-refractivity contribution is 6.06. The van der Waals surface area contributed by atoms with Crippen LogP contribution in [0.1, 0.15) is 30.9 Å². The first-order valence-corrected chi connectivity index (χ1v) is 6.74. The van der Waals surface area contributed by atoms with E-state index in [1.165, 1.54) is 5.56 Å². The lowest BCUT2D eigenvalue weighted by molar-refractivity contribution is -0.132. The van der Waals surface area contributed by atoms with Gasteiger partial charge in [0.05, 0.1) is 12.5 Å². The van der Waals surface area contributed by atoms with Crippen molar-refractivity contribution >= 4 is 11.6 Å². The third kappa shape index (κ3) is 3.20. The SMILES string of the molecule is CC1=NN(Cc2cccc(C)c2)C(=O)C1CCCN. The van der Waals surface area contributed by atoms with Gasteiger partial charge in [0.2, 0.25) is 0 Å². The van der Waals surface area contributed by atoms with Gasteiger partial charge in [-0.3, -0.25) is 4.79 Å². The molecule has 1 aromatic carbocycles. The molecule has 0 aromatic heterocycles. The molecule has 1 aliphatic rings. The highest BCUT2D eigenvalue weighted by Gasteiger charge is 2.32. The van der Waals surface area contributed by atoms with E-state index >= 15 is 0 Å². The molecule has 0 radical (unpaired) electrons. The Morgan fingerprint density at radius 2 is 2.16 bits per heavy atom. The largest absolute Gasteiger partial charge is 0.330 e. The number of benzene rings is 1. The van der Waals surface area contributed by atoms with Gasteiger partial charge < -0.3 is 5.73 Å². The molecule has 4 nitrogen and oxygen atoms in total. The van der Waals surface area contributed by atoms with Gasteiger partial charge in [0.25, 0.3) is 5.91 Å². The molecule has 0 aliphatic carbocycles. The number of hydrogen-bond donors (Lipinski definition) is 1. The highest BCUT2D eigenvalue weighted by Crippen LogP contribution is 2.22. The lowest BCUT2D eigenvalue weighted by atomic mass is 9.98. The summed E-state index contributed by atoms with van der Waals surface area (Å²) in [5.74, 6) is 0.0285. The zero-order chi connectivity index (χ0) is 13.8. The number of carbonyl (C=O) groups is 1. The smallest absolute Gasteiger partial charge is 0.251 e. The van der Waals surface area contributed by atoms with E-state index in [9.17, 15) is 4.79 Å². The summed E-state index contributed by atoms with van der Waals surface area (Å²) in [6.07, 6.45) is 1.66. The number of carbonyl (C=O) groups excluding carboxylic acids is 1. The number of rotatable bonds is 5. The maximum Gasteiger partial charge on any atom is 0.251 e. The van der Waals surface area contributed by atoms with Crippen LogP contribution in [0.25, 0.3) is 0 Å². The predicted octanol–water partition coefficient (Wildman–Crippen LogP) is 2.07. The Morgan fingerprint density at radius 3 is 2.84 bits per heavy atom. The average Bonchev–Trinajstić information content (AvgIpc) is 2.62. The maximum atomic E-state index is 12.3. The zero-order valence-electron chi connectivity index (χ0n) is 11.6. The molecule has 0 saturated heterocycles. The molecule has 102 valence electrons. The average molecular weight is 259 g/mol. The van der Waals surface area contributed by atoms with Crippen molar-refractivity contribution in [2.75, 3.05) is 6.54 Å². The summed E-state index contributed by atoms with van der Waals surface area (Å²) < 4.78 is 0. The van der Waals surface area contributed by atoms with E-state index in [2.05, 4.69) is 11.2 Å². The molecule has 2 rings (SSSR count). The summed E-state index contributed by atoms with van der Waals surface area (Å²) in [4.78, 5) is 12.3. The second-order valence-corrected chi connectivity index (χ2v) is 5.11. The van der Waals surface area contributed by atoms with Crippen molar-refractivity contribution in [3.63, 3.8) is 0 Å². The molecule has 1 aromatic rings. The first kappa shape index (κ1) is 13.7. The van der Waals surface area contributed by atoms with Gasteiger partial charge in [-0.15, -0.1) is 0 Å². The van der Waals surface area contributed by atoms with Gasteiger partial charge in [-0.05, 0) is 38.8 Å². The molecule has 1 aliphatic heterocycles. The number of amides is 1. The first-order chi connectivity index (χ1) is 9.11. The Morgan fingerprint density at radius 1 is 1.37 bits per heavy atom. The Balaban J connectivity index is 2.05. The van der Waals surface area contributed by atoms with Crippen LogP contribution < -0.4 is 5.73 Å². The van der Waals surface area contributed by atoms with E-state index in [0.29, 0.717) is 13.1 Å². The van der Waals surface area contributed by atoms with Crippen molar-refractivity contribution in [3.8, 4) is 0 Å². The van der Waals surface area contributed by atoms with Crippen LogP contribution in [-0.4, -0.2) is 23.2 Å². The summed E-state index contributed by atoms with van der Waals surface area (Å²) in [5, 5.41) is 5.98. The molecule has 2 N–H and O–H groups in total. The number of hydrogen-bond acceptors (Lipinski definition) is 3. The van der Waals surface area contributed by atoms with Gasteiger partial charge in [-0.1, -0.05) is 29.8 Å². The van der Waals surface area contributed by atoms with Crippen molar-refractivity contribution < 1.29 is 4.79 Å². The van der Waals surface area contributed by atoms with Crippen molar-refractivity contribution in [1.82, 2.24) is 5.01 Å². The fraction of sp³-hybridized carbons (Fsp3) is 0.467. The topological polar surface area (TPSA) is 58.7 Å². The summed E-state index contributed by atoms with van der Waals surface area (Å²) in [5.41, 5.74) is 8.73. The zero-order valence-corrected chi connectivity index (χ0v) is 11.6. The molecule has 0 fully saturated rings. The van der Waals surface area contributed by atoms with Crippen LogP contribution in [-0.2, 0) is 11.3 Å². The molecular formula is C15H21N3O. The molecule has 1 amide bonds. The van der Waals surface area contributed by atoms with E-state index in [1.807, 2.05) is 32.0 Å². The number of nitrogens with two attached hydrogens (primary N) is 1. The van der Waals surface area contributed by atoms with Crippen LogP contribution >= 0.6 is 0 Å². The van der Waals surface area contributed by atoms with E-state index in [4.69, 9.17) is 5.73 Å². The van der Waals surface area contributed by atoms with Crippen molar-refractivity contribution in [3.05, 3.63) is 35.4 Å². The lowest BCUT2D eigenvalue weighted by Crippen LogP contribution is -2.27. The van der Waals surface area contributed by atoms with Crippen LogP contribution in [0.5, 0.6) is 0 Å². The molecule has 0 spiro atoms. The Labute approximate surface area is 114 Å². The predicted molar refractivity (Wildman–Crippen MR) is 76.6 cm³/mol. The molecule has 1 heterocycles. The molecule has 0 saturated carbocycles. The van der Waals surface area contributed by atoms with E-state index in [-0.39, 0.29) is 11.8 Å². The second kappa shape index (κ2) is 5.97. The number of hydrazone groups is 1. The lowest BCUT2D eigenvalue weighted by Gasteiger charge is -2.14. The Kier molecular flexibility index (Phi) is 4.32. The van der Waals surface area contributed by atoms with E-state index < -0.39 is 0 Å². The van der Waals surface area contributed by atoms with E-state index in [0.717, 1.165) is 24.1 Å². The van der Waals surface area contributed by atoms with Gasteiger partial charge in [0.15, 0.2) is 0 Å². The monoisotopic (exact) mass is 259 g/mol. The number of aryl methyl sites for hydroxylation is 1. The summed E-state index contributed by atoms with van der Waals surface area (Å²) in [7, 11) is 0. The van der Waals surface area contributed by atoms with Crippen LogP contribution in [0, 0.1) is 12.8 Å². The standard InChI is InChI=1S/C15H21N3O/c1-11-5-3-6-13(9-11)10-18-15(19)14(7-4-8-16)12(2)17-18/h3,5-6,9,14H,4,7-8,10,16H2,1-2H3. The van der Waals surface area contributed by atoms with E-state index in [1.54, 1.807) is 5.01 Å². The van der Waals surface area contributed by atoms with Crippen LogP contribution in [0.15, 0.2) is 29.4 Å². The third-order valence-corrected chi connectivity index (χ3v) is 3.45. The maximum absolute atomic E-state index is 12.3. The summed E-state index contributed by atoms with van der Waals surface area (Å²) in [6, 6.07) is 8.17. The fourth-order valence-electron chi connectivity index (χ4n) is 2.42. The minimum Gasteiger partial charge on any atom is -0.330 e. The normalized spacial score (nSPS) is 18.9. The molecule has 1 unspecified atom stereocenters. The van der Waals surface area contributed by atoms with Crippen LogP contribution in [0.4, 0.5) is 0 Å². The quantitative estimate of drug-likeness (QED) is 0.880. The Bertz CT molecular complexity index is 496. The molecule has 19 heavy (non-hydrogen) atoms. The first-order valence-electron chi connectivity index (χ1n) is 6.74. The van der Waals surface area contributed by atoms with Crippen LogP contribution in [0.3, 0.4) is 0 Å². The summed E-state index contributed by atoms with van der Waals surface area (Å²) in [6.45, 7) is 5.15. The third-order valence-electron chi connectivity index (χ3n) is 3.45. The van der Waals surface area contributed by atoms with Gasteiger partial charge in [-0.2, -0.15) is 5.10 Å². The highest BCUT2D eigenvalue weighted by atomic mass is 16.2. The molecule has 4 heteroatoms. The van der Waals surface area contributed by atoms with Crippen molar-refractivity contribution in [1.29, 1.82) is 0 Å². The Hall–Kier alpha value is -1.68. The minimum absolute atomic E-state index is 0.0756. The summed E-state index contributed by atoms with van der Waals surface area (Å²) >= 11 is 0. The van der Waals surface area contributed by atoms with Gasteiger partial charge in [-0.25, -0.2) is 5.01 Å². The fourth-order valence-corrected chi connectivity index (χ4v) is 2.42.